The standard InChI is InChI=1S/C13H14N2O3/c1-15-8-14-10-5-9(3-4-11(10)15)13(6-18-7-13)12(16)17-2/h3-5,8H,6-7H2,1-2H3. The minimum Gasteiger partial charge on any atom is -0.468 e. The van der Waals surface area contributed by atoms with Gasteiger partial charge in [0.15, 0.2) is 0 Å². The van der Waals surface area contributed by atoms with Crippen LogP contribution in [0.2, 0.25) is 0 Å². The molecule has 1 aliphatic heterocycles. The van der Waals surface area contributed by atoms with E-state index < -0.39 is 5.41 Å². The van der Waals surface area contributed by atoms with Gasteiger partial charge in [0, 0.05) is 7.05 Å². The van der Waals surface area contributed by atoms with Gasteiger partial charge in [0.05, 0.1) is 37.7 Å². The number of hydrogen-bond donors (Lipinski definition) is 0. The van der Waals surface area contributed by atoms with E-state index >= 15 is 0 Å². The summed E-state index contributed by atoms with van der Waals surface area (Å²) in [5, 5.41) is 0. The molecule has 0 N–H and O–H groups in total. The number of fused-ring (bicyclic) bond motifs is 1. The average molecular weight is 246 g/mol. The zero-order chi connectivity index (χ0) is 12.8. The fourth-order valence-corrected chi connectivity index (χ4v) is 2.34. The fourth-order valence-electron chi connectivity index (χ4n) is 2.34. The summed E-state index contributed by atoms with van der Waals surface area (Å²) in [6.45, 7) is 0.746. The lowest BCUT2D eigenvalue weighted by atomic mass is 9.78. The van der Waals surface area contributed by atoms with Gasteiger partial charge in [-0.15, -0.1) is 0 Å². The Kier molecular flexibility index (Phi) is 2.38. The van der Waals surface area contributed by atoms with Gasteiger partial charge in [-0.1, -0.05) is 6.07 Å². The van der Waals surface area contributed by atoms with Gasteiger partial charge in [0.25, 0.3) is 0 Å². The maximum Gasteiger partial charge on any atom is 0.321 e. The van der Waals surface area contributed by atoms with Gasteiger partial charge in [-0.25, -0.2) is 4.98 Å². The van der Waals surface area contributed by atoms with E-state index in [2.05, 4.69) is 4.98 Å². The summed E-state index contributed by atoms with van der Waals surface area (Å²) in [4.78, 5) is 16.2. The Labute approximate surface area is 104 Å². The van der Waals surface area contributed by atoms with Crippen LogP contribution in [-0.4, -0.2) is 35.8 Å². The minimum atomic E-state index is -0.652. The van der Waals surface area contributed by atoms with Crippen LogP contribution in [0.3, 0.4) is 0 Å². The largest absolute Gasteiger partial charge is 0.468 e. The van der Waals surface area contributed by atoms with E-state index in [1.165, 1.54) is 7.11 Å². The van der Waals surface area contributed by atoms with Gasteiger partial charge < -0.3 is 14.0 Å². The molecular weight excluding hydrogens is 232 g/mol. The summed E-state index contributed by atoms with van der Waals surface area (Å²) in [5.74, 6) is -0.246. The van der Waals surface area contributed by atoms with Crippen molar-refractivity contribution in [1.29, 1.82) is 0 Å². The zero-order valence-electron chi connectivity index (χ0n) is 10.3. The van der Waals surface area contributed by atoms with Gasteiger partial charge >= 0.3 is 5.97 Å². The number of benzene rings is 1. The third-order valence-electron chi connectivity index (χ3n) is 3.55. The number of methoxy groups -OCH3 is 1. The summed E-state index contributed by atoms with van der Waals surface area (Å²) in [6, 6.07) is 5.86. The first-order chi connectivity index (χ1) is 8.67. The van der Waals surface area contributed by atoms with Crippen LogP contribution >= 0.6 is 0 Å². The Morgan fingerprint density at radius 3 is 2.89 bits per heavy atom. The molecule has 0 spiro atoms. The van der Waals surface area contributed by atoms with Crippen LogP contribution in [0.15, 0.2) is 24.5 Å². The van der Waals surface area contributed by atoms with Crippen molar-refractivity contribution in [3.63, 3.8) is 0 Å². The predicted molar refractivity (Wildman–Crippen MR) is 65.2 cm³/mol. The van der Waals surface area contributed by atoms with Gasteiger partial charge in [-0.3, -0.25) is 4.79 Å². The molecule has 2 aromatic rings. The van der Waals surface area contributed by atoms with E-state index in [-0.39, 0.29) is 5.97 Å². The first kappa shape index (κ1) is 11.2. The molecular formula is C13H14N2O3. The topological polar surface area (TPSA) is 53.3 Å². The first-order valence-corrected chi connectivity index (χ1v) is 5.75. The number of carbonyl (C=O) groups excluding carboxylic acids is 1. The summed E-state index contributed by atoms with van der Waals surface area (Å²) in [6.07, 6.45) is 1.76. The molecule has 1 aromatic heterocycles. The van der Waals surface area contributed by atoms with Crippen LogP contribution in [0.5, 0.6) is 0 Å². The van der Waals surface area contributed by atoms with Gasteiger partial charge in [-0.05, 0) is 17.7 Å². The van der Waals surface area contributed by atoms with Gasteiger partial charge in [0.2, 0.25) is 0 Å². The number of nitrogens with zero attached hydrogens (tertiary/aromatic N) is 2. The van der Waals surface area contributed by atoms with Crippen LogP contribution in [-0.2, 0) is 26.7 Å². The Morgan fingerprint density at radius 1 is 1.50 bits per heavy atom. The lowest BCUT2D eigenvalue weighted by Crippen LogP contribution is -2.53. The normalized spacial score (nSPS) is 17.4. The molecule has 0 saturated carbocycles. The molecule has 5 heteroatoms. The van der Waals surface area contributed by atoms with Crippen molar-refractivity contribution in [2.45, 2.75) is 5.41 Å². The second-order valence-electron chi connectivity index (χ2n) is 4.63. The summed E-state index contributed by atoms with van der Waals surface area (Å²) in [5.41, 5.74) is 2.18. The van der Waals surface area contributed by atoms with E-state index in [9.17, 15) is 4.79 Å². The number of imidazole rings is 1. The number of ether oxygens (including phenoxy) is 2. The SMILES string of the molecule is COC(=O)C1(c2ccc3c(c2)ncn3C)COC1. The van der Waals surface area contributed by atoms with Crippen LogP contribution in [0.1, 0.15) is 5.56 Å². The number of rotatable bonds is 2. The van der Waals surface area contributed by atoms with E-state index in [1.807, 2.05) is 29.8 Å². The first-order valence-electron chi connectivity index (χ1n) is 5.75. The Hall–Kier alpha value is -1.88. The Morgan fingerprint density at radius 2 is 2.28 bits per heavy atom. The van der Waals surface area contributed by atoms with Crippen molar-refractivity contribution in [3.05, 3.63) is 30.1 Å². The average Bonchev–Trinajstić information content (AvgIpc) is 2.69. The molecule has 1 saturated heterocycles. The molecule has 1 aromatic carbocycles. The van der Waals surface area contributed by atoms with E-state index in [4.69, 9.17) is 9.47 Å². The van der Waals surface area contributed by atoms with Crippen LogP contribution in [0.4, 0.5) is 0 Å². The van der Waals surface area contributed by atoms with E-state index in [1.54, 1.807) is 6.33 Å². The molecule has 0 bridgehead atoms. The molecule has 0 radical (unpaired) electrons. The molecule has 94 valence electrons. The van der Waals surface area contributed by atoms with Crippen molar-refractivity contribution in [2.24, 2.45) is 7.05 Å². The van der Waals surface area contributed by atoms with Crippen molar-refractivity contribution < 1.29 is 14.3 Å². The Bertz CT molecular complexity index is 614. The third-order valence-corrected chi connectivity index (χ3v) is 3.55. The number of aryl methyl sites for hydroxylation is 1. The molecule has 0 unspecified atom stereocenters. The number of hydrogen-bond acceptors (Lipinski definition) is 4. The molecule has 0 aliphatic carbocycles. The number of aromatic nitrogens is 2. The minimum absolute atomic E-state index is 0.246. The molecule has 1 fully saturated rings. The summed E-state index contributed by atoms with van der Waals surface area (Å²) >= 11 is 0. The van der Waals surface area contributed by atoms with Crippen molar-refractivity contribution in [3.8, 4) is 0 Å². The van der Waals surface area contributed by atoms with Crippen molar-refractivity contribution in [2.75, 3.05) is 20.3 Å². The molecule has 0 amide bonds. The highest BCUT2D eigenvalue weighted by Crippen LogP contribution is 2.34. The van der Waals surface area contributed by atoms with E-state index in [0.29, 0.717) is 13.2 Å². The quantitative estimate of drug-likeness (QED) is 0.742. The lowest BCUT2D eigenvalue weighted by Gasteiger charge is -2.38. The maximum absolute atomic E-state index is 11.9. The lowest BCUT2D eigenvalue weighted by molar-refractivity contribution is -0.166. The molecule has 3 rings (SSSR count). The fraction of sp³-hybridized carbons (Fsp3) is 0.385. The number of carbonyl (C=O) groups is 1. The molecule has 1 aliphatic rings. The van der Waals surface area contributed by atoms with Crippen LogP contribution in [0.25, 0.3) is 11.0 Å². The molecule has 5 nitrogen and oxygen atoms in total. The van der Waals surface area contributed by atoms with Gasteiger partial charge in [0.1, 0.15) is 5.41 Å². The predicted octanol–water partition coefficient (Wildman–Crippen LogP) is 1.01. The Balaban J connectivity index is 2.10. The highest BCUT2D eigenvalue weighted by molar-refractivity contribution is 5.87. The van der Waals surface area contributed by atoms with Gasteiger partial charge in [-0.2, -0.15) is 0 Å². The highest BCUT2D eigenvalue weighted by atomic mass is 16.5. The summed E-state index contributed by atoms with van der Waals surface area (Å²) < 4.78 is 12.0. The highest BCUT2D eigenvalue weighted by Gasteiger charge is 2.48. The van der Waals surface area contributed by atoms with Crippen LogP contribution < -0.4 is 0 Å². The van der Waals surface area contributed by atoms with Crippen molar-refractivity contribution in [1.82, 2.24) is 9.55 Å². The zero-order valence-corrected chi connectivity index (χ0v) is 10.3. The molecule has 18 heavy (non-hydrogen) atoms. The second kappa shape index (κ2) is 3.81. The molecule has 0 atom stereocenters. The molecule has 2 heterocycles. The third kappa shape index (κ3) is 1.37. The second-order valence-corrected chi connectivity index (χ2v) is 4.63. The summed E-state index contributed by atoms with van der Waals surface area (Å²) in [7, 11) is 3.35. The number of esters is 1. The monoisotopic (exact) mass is 246 g/mol. The van der Waals surface area contributed by atoms with Crippen LogP contribution in [0, 0.1) is 0 Å². The van der Waals surface area contributed by atoms with E-state index in [0.717, 1.165) is 16.6 Å². The smallest absolute Gasteiger partial charge is 0.321 e. The van der Waals surface area contributed by atoms with Crippen molar-refractivity contribution >= 4 is 17.0 Å². The maximum atomic E-state index is 11.9.